The molecule has 2 aromatic rings. The van der Waals surface area contributed by atoms with Crippen LogP contribution in [0.4, 0.5) is 13.2 Å². The zero-order chi connectivity index (χ0) is 20.5. The van der Waals surface area contributed by atoms with Crippen molar-refractivity contribution in [1.29, 1.82) is 0 Å². The fourth-order valence-electron chi connectivity index (χ4n) is 3.26. The number of nitrogens with one attached hydrogen (secondary N) is 1. The molecule has 1 atom stereocenters. The molecule has 0 saturated heterocycles. The Morgan fingerprint density at radius 2 is 2.00 bits per heavy atom. The highest BCUT2D eigenvalue weighted by molar-refractivity contribution is 7.14. The molecule has 150 valence electrons. The standard InChI is InChI=1S/C20H21F3N2O2S/c1-25(2)19(27)17-10-14-9-13(6-7-16(14)28-17)18(26)24-11-12-4-3-5-15(8-12)20(21,22)23/h3-5,8,10,13H,6-7,9,11H2,1-2H3,(H,24,26)/t13-/m1/s1. The van der Waals surface area contributed by atoms with Crippen LogP contribution in [0.25, 0.3) is 0 Å². The molecule has 0 spiro atoms. The Hall–Kier alpha value is -2.35. The van der Waals surface area contributed by atoms with Crippen LogP contribution in [0.15, 0.2) is 30.3 Å². The fourth-order valence-corrected chi connectivity index (χ4v) is 4.49. The lowest BCUT2D eigenvalue weighted by Crippen LogP contribution is -2.33. The number of hydrogen-bond donors (Lipinski definition) is 1. The number of alkyl halides is 3. The average molecular weight is 410 g/mol. The smallest absolute Gasteiger partial charge is 0.352 e. The molecule has 0 radical (unpaired) electrons. The normalized spacial score (nSPS) is 16.4. The predicted molar refractivity (Wildman–Crippen MR) is 101 cm³/mol. The molecule has 4 nitrogen and oxygen atoms in total. The number of nitrogens with zero attached hydrogens (tertiary/aromatic N) is 1. The van der Waals surface area contributed by atoms with Gasteiger partial charge in [-0.15, -0.1) is 11.3 Å². The molecule has 3 rings (SSSR count). The second-order valence-corrected chi connectivity index (χ2v) is 8.25. The lowest BCUT2D eigenvalue weighted by Gasteiger charge is -2.21. The second kappa shape index (κ2) is 7.95. The molecule has 1 N–H and O–H groups in total. The molecular formula is C20H21F3N2O2S. The maximum Gasteiger partial charge on any atom is 0.416 e. The van der Waals surface area contributed by atoms with Gasteiger partial charge in [0, 0.05) is 31.4 Å². The molecule has 8 heteroatoms. The molecule has 0 unspecified atom stereocenters. The average Bonchev–Trinajstić information content (AvgIpc) is 3.08. The van der Waals surface area contributed by atoms with Crippen molar-refractivity contribution in [3.8, 4) is 0 Å². The van der Waals surface area contributed by atoms with Gasteiger partial charge in [0.1, 0.15) is 0 Å². The summed E-state index contributed by atoms with van der Waals surface area (Å²) in [6.45, 7) is 0.0557. The number of carbonyl (C=O) groups is 2. The topological polar surface area (TPSA) is 49.4 Å². The number of carbonyl (C=O) groups excluding carboxylic acids is 2. The van der Waals surface area contributed by atoms with Gasteiger partial charge in [-0.25, -0.2) is 0 Å². The van der Waals surface area contributed by atoms with Crippen LogP contribution in [0.5, 0.6) is 0 Å². The van der Waals surface area contributed by atoms with Crippen LogP contribution in [0.2, 0.25) is 0 Å². The van der Waals surface area contributed by atoms with Crippen LogP contribution >= 0.6 is 11.3 Å². The first kappa shape index (κ1) is 20.4. The van der Waals surface area contributed by atoms with Gasteiger partial charge >= 0.3 is 6.18 Å². The van der Waals surface area contributed by atoms with E-state index in [1.54, 1.807) is 20.2 Å². The first-order valence-electron chi connectivity index (χ1n) is 8.92. The summed E-state index contributed by atoms with van der Waals surface area (Å²) in [4.78, 5) is 27.9. The highest BCUT2D eigenvalue weighted by Crippen LogP contribution is 2.33. The van der Waals surface area contributed by atoms with Gasteiger partial charge in [0.2, 0.25) is 5.91 Å². The minimum atomic E-state index is -4.40. The quantitative estimate of drug-likeness (QED) is 0.832. The number of aryl methyl sites for hydroxylation is 1. The lowest BCUT2D eigenvalue weighted by molar-refractivity contribution is -0.137. The van der Waals surface area contributed by atoms with Gasteiger partial charge < -0.3 is 10.2 Å². The number of thiophene rings is 1. The molecule has 0 fully saturated rings. The summed E-state index contributed by atoms with van der Waals surface area (Å²) in [5, 5.41) is 2.75. The summed E-state index contributed by atoms with van der Waals surface area (Å²) in [5.41, 5.74) is 0.702. The Morgan fingerprint density at radius 1 is 1.25 bits per heavy atom. The van der Waals surface area contributed by atoms with Crippen LogP contribution in [0, 0.1) is 5.92 Å². The lowest BCUT2D eigenvalue weighted by atomic mass is 9.87. The molecule has 1 aliphatic carbocycles. The second-order valence-electron chi connectivity index (χ2n) is 7.11. The van der Waals surface area contributed by atoms with E-state index in [0.717, 1.165) is 29.0 Å². The third-order valence-electron chi connectivity index (χ3n) is 4.79. The van der Waals surface area contributed by atoms with E-state index in [4.69, 9.17) is 0 Å². The maximum absolute atomic E-state index is 12.8. The number of halogens is 3. The minimum absolute atomic E-state index is 0.0510. The Labute approximate surface area is 165 Å². The Bertz CT molecular complexity index is 890. The van der Waals surface area contributed by atoms with Crippen LogP contribution in [0.1, 0.15) is 37.7 Å². The first-order chi connectivity index (χ1) is 13.1. The zero-order valence-corrected chi connectivity index (χ0v) is 16.4. The fraction of sp³-hybridized carbons (Fsp3) is 0.400. The van der Waals surface area contributed by atoms with E-state index in [1.807, 2.05) is 6.07 Å². The van der Waals surface area contributed by atoms with Gasteiger partial charge in [-0.2, -0.15) is 13.2 Å². The summed E-state index contributed by atoms with van der Waals surface area (Å²) in [6, 6.07) is 6.82. The third kappa shape index (κ3) is 4.55. The van der Waals surface area contributed by atoms with E-state index in [0.29, 0.717) is 23.3 Å². The Kier molecular flexibility index (Phi) is 5.79. The predicted octanol–water partition coefficient (Wildman–Crippen LogP) is 3.89. The summed E-state index contributed by atoms with van der Waals surface area (Å²) < 4.78 is 38.4. The molecule has 0 aliphatic heterocycles. The zero-order valence-electron chi connectivity index (χ0n) is 15.6. The van der Waals surface area contributed by atoms with Crippen LogP contribution in [-0.2, 0) is 30.4 Å². The minimum Gasteiger partial charge on any atom is -0.352 e. The Morgan fingerprint density at radius 3 is 2.68 bits per heavy atom. The number of hydrogen-bond acceptors (Lipinski definition) is 3. The third-order valence-corrected chi connectivity index (χ3v) is 6.02. The monoisotopic (exact) mass is 410 g/mol. The Balaban J connectivity index is 1.62. The van der Waals surface area contributed by atoms with Crippen molar-refractivity contribution < 1.29 is 22.8 Å². The molecular weight excluding hydrogens is 389 g/mol. The number of rotatable bonds is 4. The van der Waals surface area contributed by atoms with Crippen molar-refractivity contribution >= 4 is 23.2 Å². The number of amides is 2. The van der Waals surface area contributed by atoms with E-state index in [1.165, 1.54) is 22.3 Å². The van der Waals surface area contributed by atoms with Gasteiger partial charge in [-0.1, -0.05) is 12.1 Å². The number of fused-ring (bicyclic) bond motifs is 1. The van der Waals surface area contributed by atoms with Crippen LogP contribution in [0.3, 0.4) is 0 Å². The molecule has 28 heavy (non-hydrogen) atoms. The van der Waals surface area contributed by atoms with E-state index >= 15 is 0 Å². The van der Waals surface area contributed by atoms with Crippen molar-refractivity contribution in [2.75, 3.05) is 14.1 Å². The molecule has 2 amide bonds. The highest BCUT2D eigenvalue weighted by Gasteiger charge is 2.31. The van der Waals surface area contributed by atoms with Crippen molar-refractivity contribution in [1.82, 2.24) is 10.2 Å². The number of benzene rings is 1. The van der Waals surface area contributed by atoms with Crippen molar-refractivity contribution in [2.24, 2.45) is 5.92 Å². The van der Waals surface area contributed by atoms with Gasteiger partial charge in [0.15, 0.2) is 0 Å². The molecule has 1 aromatic heterocycles. The molecule has 0 saturated carbocycles. The summed E-state index contributed by atoms with van der Waals surface area (Å²) in [7, 11) is 3.40. The van der Waals surface area contributed by atoms with Crippen molar-refractivity contribution in [3.63, 3.8) is 0 Å². The SMILES string of the molecule is CN(C)C(=O)c1cc2c(s1)CC[C@@H](C(=O)NCc1cccc(C(F)(F)F)c1)C2. The summed E-state index contributed by atoms with van der Waals surface area (Å²) in [6.07, 6.45) is -2.47. The van der Waals surface area contributed by atoms with E-state index < -0.39 is 11.7 Å². The first-order valence-corrected chi connectivity index (χ1v) is 9.74. The summed E-state index contributed by atoms with van der Waals surface area (Å²) in [5.74, 6) is -0.463. The summed E-state index contributed by atoms with van der Waals surface area (Å²) >= 11 is 1.47. The van der Waals surface area contributed by atoms with Gasteiger partial charge in [0.05, 0.1) is 10.4 Å². The molecule has 1 aliphatic rings. The highest BCUT2D eigenvalue weighted by atomic mass is 32.1. The van der Waals surface area contributed by atoms with E-state index in [2.05, 4.69) is 5.32 Å². The molecule has 1 heterocycles. The van der Waals surface area contributed by atoms with E-state index in [-0.39, 0.29) is 24.3 Å². The van der Waals surface area contributed by atoms with Crippen molar-refractivity contribution in [3.05, 3.63) is 56.8 Å². The van der Waals surface area contributed by atoms with Crippen LogP contribution < -0.4 is 5.32 Å². The maximum atomic E-state index is 12.8. The largest absolute Gasteiger partial charge is 0.416 e. The van der Waals surface area contributed by atoms with E-state index in [9.17, 15) is 22.8 Å². The van der Waals surface area contributed by atoms with Gasteiger partial charge in [-0.05, 0) is 48.6 Å². The molecule has 1 aromatic carbocycles. The molecule has 0 bridgehead atoms. The van der Waals surface area contributed by atoms with Gasteiger partial charge in [0.25, 0.3) is 5.91 Å². The van der Waals surface area contributed by atoms with Crippen molar-refractivity contribution in [2.45, 2.75) is 32.0 Å². The van der Waals surface area contributed by atoms with Crippen LogP contribution in [-0.4, -0.2) is 30.8 Å². The van der Waals surface area contributed by atoms with Gasteiger partial charge in [-0.3, -0.25) is 9.59 Å².